The number of amides is 2. The summed E-state index contributed by atoms with van der Waals surface area (Å²) in [5.74, 6) is 0.234. The summed E-state index contributed by atoms with van der Waals surface area (Å²) in [6.45, 7) is 6.25. The van der Waals surface area contributed by atoms with Crippen molar-refractivity contribution in [2.24, 2.45) is 5.92 Å². The molecule has 1 fully saturated rings. The van der Waals surface area contributed by atoms with E-state index in [1.54, 1.807) is 4.90 Å². The van der Waals surface area contributed by atoms with Crippen molar-refractivity contribution in [3.63, 3.8) is 0 Å². The van der Waals surface area contributed by atoms with Gasteiger partial charge >= 0.3 is 6.09 Å². The molecule has 0 aromatic rings. The first kappa shape index (κ1) is 15.8. The SMILES string of the molecule is [B]CC1CC(CONC=O)N(C(=O)OC(C)(C)C)C1. The number of ether oxygens (including phenoxy) is 1. The molecule has 2 unspecified atom stereocenters. The highest BCUT2D eigenvalue weighted by molar-refractivity contribution is 6.08. The standard InChI is InChI=1S/C12H21BN2O4/c1-12(2,3)19-11(17)15-6-9(5-13)4-10(15)7-18-14-8-16/h8-10H,4-7H2,1-3H3,(H,14,16). The molecule has 2 atom stereocenters. The zero-order valence-electron chi connectivity index (χ0n) is 11.7. The molecule has 0 spiro atoms. The van der Waals surface area contributed by atoms with Crippen LogP contribution in [-0.2, 0) is 14.4 Å². The molecule has 0 saturated carbocycles. The lowest BCUT2D eigenvalue weighted by Crippen LogP contribution is -2.42. The van der Waals surface area contributed by atoms with E-state index in [-0.39, 0.29) is 24.7 Å². The first-order chi connectivity index (χ1) is 8.87. The minimum atomic E-state index is -0.537. The Kier molecular flexibility index (Phi) is 5.66. The Labute approximate surface area is 115 Å². The van der Waals surface area contributed by atoms with E-state index in [4.69, 9.17) is 17.4 Å². The number of carbonyl (C=O) groups is 2. The third kappa shape index (κ3) is 5.10. The third-order valence-corrected chi connectivity index (χ3v) is 2.87. The number of hydroxylamine groups is 1. The Balaban J connectivity index is 2.60. The van der Waals surface area contributed by atoms with Gasteiger partial charge in [0.15, 0.2) is 0 Å². The summed E-state index contributed by atoms with van der Waals surface area (Å²) in [4.78, 5) is 28.8. The summed E-state index contributed by atoms with van der Waals surface area (Å²) in [7, 11) is 5.65. The van der Waals surface area contributed by atoms with E-state index in [9.17, 15) is 9.59 Å². The quantitative estimate of drug-likeness (QED) is 0.348. The van der Waals surface area contributed by atoms with Crippen LogP contribution in [0.3, 0.4) is 0 Å². The van der Waals surface area contributed by atoms with Crippen LogP contribution in [-0.4, -0.2) is 50.0 Å². The average Bonchev–Trinajstić information content (AvgIpc) is 2.71. The van der Waals surface area contributed by atoms with Crippen molar-refractivity contribution < 1.29 is 19.2 Å². The first-order valence-corrected chi connectivity index (χ1v) is 6.38. The topological polar surface area (TPSA) is 67.9 Å². The van der Waals surface area contributed by atoms with Gasteiger partial charge in [0.1, 0.15) is 5.60 Å². The minimum Gasteiger partial charge on any atom is -0.444 e. The van der Waals surface area contributed by atoms with E-state index >= 15 is 0 Å². The molecular weight excluding hydrogens is 247 g/mol. The van der Waals surface area contributed by atoms with Crippen molar-refractivity contribution in [2.45, 2.75) is 45.2 Å². The molecule has 2 amide bonds. The van der Waals surface area contributed by atoms with E-state index in [0.29, 0.717) is 19.3 Å². The highest BCUT2D eigenvalue weighted by Crippen LogP contribution is 2.27. The van der Waals surface area contributed by atoms with Crippen LogP contribution < -0.4 is 5.48 Å². The molecule has 1 saturated heterocycles. The van der Waals surface area contributed by atoms with Crippen LogP contribution >= 0.6 is 0 Å². The maximum Gasteiger partial charge on any atom is 0.410 e. The van der Waals surface area contributed by atoms with Crippen molar-refractivity contribution in [2.75, 3.05) is 13.2 Å². The van der Waals surface area contributed by atoms with Gasteiger partial charge in [-0.25, -0.2) is 10.3 Å². The molecule has 6 nitrogen and oxygen atoms in total. The molecule has 2 radical (unpaired) electrons. The van der Waals surface area contributed by atoms with Crippen molar-refractivity contribution in [1.29, 1.82) is 0 Å². The monoisotopic (exact) mass is 268 g/mol. The van der Waals surface area contributed by atoms with Gasteiger partial charge in [0, 0.05) is 6.54 Å². The molecular formula is C12H21BN2O4. The lowest BCUT2D eigenvalue weighted by molar-refractivity contribution is -0.121. The summed E-state index contributed by atoms with van der Waals surface area (Å²) in [6.07, 6.45) is 1.34. The largest absolute Gasteiger partial charge is 0.444 e. The van der Waals surface area contributed by atoms with Gasteiger partial charge in [-0.1, -0.05) is 6.32 Å². The lowest BCUT2D eigenvalue weighted by Gasteiger charge is -2.28. The Bertz CT molecular complexity index is 319. The van der Waals surface area contributed by atoms with E-state index < -0.39 is 5.60 Å². The molecule has 106 valence electrons. The van der Waals surface area contributed by atoms with Crippen LogP contribution in [0.4, 0.5) is 4.79 Å². The van der Waals surface area contributed by atoms with Gasteiger partial charge in [-0.2, -0.15) is 0 Å². The third-order valence-electron chi connectivity index (χ3n) is 2.87. The average molecular weight is 268 g/mol. The smallest absolute Gasteiger partial charge is 0.410 e. The summed E-state index contributed by atoms with van der Waals surface area (Å²) in [5.41, 5.74) is 1.59. The molecule has 7 heteroatoms. The maximum absolute atomic E-state index is 12.1. The van der Waals surface area contributed by atoms with Gasteiger partial charge in [-0.15, -0.1) is 0 Å². The van der Waals surface area contributed by atoms with Crippen LogP contribution in [0.1, 0.15) is 27.2 Å². The van der Waals surface area contributed by atoms with Crippen molar-refractivity contribution in [3.8, 4) is 0 Å². The summed E-state index contributed by atoms with van der Waals surface area (Å²) in [5, 5.41) is 0. The van der Waals surface area contributed by atoms with Crippen molar-refractivity contribution >= 4 is 20.3 Å². The molecule has 1 aliphatic heterocycles. The fraction of sp³-hybridized carbons (Fsp3) is 0.833. The number of rotatable bonds is 5. The molecule has 0 aromatic carbocycles. The van der Waals surface area contributed by atoms with E-state index in [0.717, 1.165) is 6.42 Å². The summed E-state index contributed by atoms with van der Waals surface area (Å²) >= 11 is 0. The first-order valence-electron chi connectivity index (χ1n) is 6.38. The molecule has 19 heavy (non-hydrogen) atoms. The van der Waals surface area contributed by atoms with Gasteiger partial charge in [-0.05, 0) is 33.1 Å². The Morgan fingerprint density at radius 1 is 1.53 bits per heavy atom. The molecule has 0 bridgehead atoms. The van der Waals surface area contributed by atoms with E-state index in [1.165, 1.54) is 0 Å². The Morgan fingerprint density at radius 2 is 2.21 bits per heavy atom. The van der Waals surface area contributed by atoms with Crippen LogP contribution in [0.5, 0.6) is 0 Å². The summed E-state index contributed by atoms with van der Waals surface area (Å²) in [6, 6.07) is -0.129. The van der Waals surface area contributed by atoms with Gasteiger partial charge in [-0.3, -0.25) is 9.63 Å². The number of hydrogen-bond donors (Lipinski definition) is 1. The number of likely N-dealkylation sites (tertiary alicyclic amines) is 1. The molecule has 1 rings (SSSR count). The van der Waals surface area contributed by atoms with Crippen LogP contribution in [0.15, 0.2) is 0 Å². The fourth-order valence-corrected chi connectivity index (χ4v) is 2.07. The highest BCUT2D eigenvalue weighted by Gasteiger charge is 2.36. The van der Waals surface area contributed by atoms with Gasteiger partial charge < -0.3 is 9.64 Å². The normalized spacial score (nSPS) is 23.2. The van der Waals surface area contributed by atoms with Crippen molar-refractivity contribution in [3.05, 3.63) is 0 Å². The lowest BCUT2D eigenvalue weighted by atomic mass is 9.89. The second-order valence-electron chi connectivity index (χ2n) is 5.67. The predicted molar refractivity (Wildman–Crippen MR) is 70.5 cm³/mol. The van der Waals surface area contributed by atoms with Gasteiger partial charge in [0.2, 0.25) is 6.41 Å². The second-order valence-corrected chi connectivity index (χ2v) is 5.67. The van der Waals surface area contributed by atoms with Gasteiger partial charge in [0.05, 0.1) is 20.5 Å². The Hall–Kier alpha value is -1.24. The van der Waals surface area contributed by atoms with E-state index in [1.807, 2.05) is 20.8 Å². The molecule has 0 aromatic heterocycles. The molecule has 1 aliphatic rings. The number of carbonyl (C=O) groups excluding carboxylic acids is 2. The zero-order chi connectivity index (χ0) is 14.5. The van der Waals surface area contributed by atoms with Crippen LogP contribution in [0.25, 0.3) is 0 Å². The number of hydrogen-bond acceptors (Lipinski definition) is 4. The van der Waals surface area contributed by atoms with Crippen molar-refractivity contribution in [1.82, 2.24) is 10.4 Å². The van der Waals surface area contributed by atoms with E-state index in [2.05, 4.69) is 5.48 Å². The predicted octanol–water partition coefficient (Wildman–Crippen LogP) is 0.876. The van der Waals surface area contributed by atoms with Crippen LogP contribution in [0.2, 0.25) is 6.32 Å². The number of nitrogens with one attached hydrogen (secondary N) is 1. The Morgan fingerprint density at radius 3 is 2.74 bits per heavy atom. The fourth-order valence-electron chi connectivity index (χ4n) is 2.07. The second kappa shape index (κ2) is 6.79. The number of nitrogens with zero attached hydrogens (tertiary/aromatic N) is 1. The minimum absolute atomic E-state index is 0.129. The molecule has 1 heterocycles. The maximum atomic E-state index is 12.1. The summed E-state index contributed by atoms with van der Waals surface area (Å²) < 4.78 is 5.35. The molecule has 1 N–H and O–H groups in total. The highest BCUT2D eigenvalue weighted by atomic mass is 16.6. The van der Waals surface area contributed by atoms with Gasteiger partial charge in [0.25, 0.3) is 0 Å². The molecule has 0 aliphatic carbocycles. The van der Waals surface area contributed by atoms with Crippen LogP contribution in [0, 0.1) is 5.92 Å². The zero-order valence-corrected chi connectivity index (χ0v) is 11.7.